The zero-order chi connectivity index (χ0) is 16.9. The molecule has 1 aromatic carbocycles. The van der Waals surface area contributed by atoms with E-state index in [1.807, 2.05) is 12.1 Å². The molecule has 5 nitrogen and oxygen atoms in total. The van der Waals surface area contributed by atoms with Crippen LogP contribution in [0.5, 0.6) is 0 Å². The van der Waals surface area contributed by atoms with E-state index in [-0.39, 0.29) is 24.0 Å². The fourth-order valence-electron chi connectivity index (χ4n) is 1.96. The molecule has 0 saturated heterocycles. The topological polar surface area (TPSA) is 68.9 Å². The largest absolute Gasteiger partial charge is 0.379 e. The Bertz CT molecular complexity index is 467. The van der Waals surface area contributed by atoms with Crippen LogP contribution in [0.4, 0.5) is 5.69 Å². The molecule has 1 rings (SSSR count). The van der Waals surface area contributed by atoms with Crippen LogP contribution in [0, 0.1) is 0 Å². The highest BCUT2D eigenvalue weighted by molar-refractivity contribution is 14.0. The summed E-state index contributed by atoms with van der Waals surface area (Å²) in [6, 6.07) is 8.21. The van der Waals surface area contributed by atoms with Crippen molar-refractivity contribution in [2.24, 2.45) is 10.7 Å². The lowest BCUT2D eigenvalue weighted by Crippen LogP contribution is -2.23. The number of guanidine groups is 1. The monoisotopic (exact) mass is 449 g/mol. The first-order valence-electron chi connectivity index (χ1n) is 8.46. The third-order valence-corrected chi connectivity index (χ3v) is 3.36. The van der Waals surface area contributed by atoms with E-state index in [2.05, 4.69) is 43.2 Å². The Morgan fingerprint density at radius 3 is 2.54 bits per heavy atom. The molecule has 0 fully saturated rings. The molecule has 0 unspecified atom stereocenters. The quantitative estimate of drug-likeness (QED) is 0.232. The first kappa shape index (κ1) is 23.1. The SMILES string of the molecule is CCCCOCCOCCN=C(N)Nc1cccc(C(C)C)c1.I. The van der Waals surface area contributed by atoms with Crippen molar-refractivity contribution in [1.82, 2.24) is 0 Å². The van der Waals surface area contributed by atoms with Gasteiger partial charge in [0.2, 0.25) is 0 Å². The molecule has 0 atom stereocenters. The van der Waals surface area contributed by atoms with Crippen molar-refractivity contribution in [3.63, 3.8) is 0 Å². The lowest BCUT2D eigenvalue weighted by molar-refractivity contribution is 0.0498. The second kappa shape index (κ2) is 14.5. The first-order chi connectivity index (χ1) is 11.1. The summed E-state index contributed by atoms with van der Waals surface area (Å²) in [6.45, 7) is 9.62. The average Bonchev–Trinajstić information content (AvgIpc) is 2.53. The van der Waals surface area contributed by atoms with Gasteiger partial charge in [-0.3, -0.25) is 4.99 Å². The van der Waals surface area contributed by atoms with Gasteiger partial charge in [-0.05, 0) is 30.0 Å². The van der Waals surface area contributed by atoms with E-state index < -0.39 is 0 Å². The molecule has 24 heavy (non-hydrogen) atoms. The highest BCUT2D eigenvalue weighted by Crippen LogP contribution is 2.18. The number of aliphatic imine (C=N–C) groups is 1. The molecule has 0 saturated carbocycles. The van der Waals surface area contributed by atoms with Crippen molar-refractivity contribution in [1.29, 1.82) is 0 Å². The maximum Gasteiger partial charge on any atom is 0.193 e. The molecule has 0 heterocycles. The summed E-state index contributed by atoms with van der Waals surface area (Å²) in [5.41, 5.74) is 8.12. The van der Waals surface area contributed by atoms with Crippen molar-refractivity contribution >= 4 is 35.6 Å². The summed E-state index contributed by atoms with van der Waals surface area (Å²) in [6.07, 6.45) is 2.26. The van der Waals surface area contributed by atoms with Crippen LogP contribution in [-0.4, -0.2) is 38.9 Å². The molecule has 0 aliphatic heterocycles. The summed E-state index contributed by atoms with van der Waals surface area (Å²) in [5.74, 6) is 0.900. The molecule has 0 aliphatic rings. The van der Waals surface area contributed by atoms with Gasteiger partial charge in [0.25, 0.3) is 0 Å². The Hall–Kier alpha value is -0.860. The second-order valence-electron chi connectivity index (χ2n) is 5.75. The Morgan fingerprint density at radius 1 is 1.17 bits per heavy atom. The molecular formula is C18H32IN3O2. The molecule has 0 bridgehead atoms. The summed E-state index contributed by atoms with van der Waals surface area (Å²) < 4.78 is 10.9. The van der Waals surface area contributed by atoms with Gasteiger partial charge in [-0.15, -0.1) is 24.0 Å². The Balaban J connectivity index is 0.00000529. The van der Waals surface area contributed by atoms with E-state index in [1.54, 1.807) is 0 Å². The number of nitrogens with one attached hydrogen (secondary N) is 1. The van der Waals surface area contributed by atoms with Crippen LogP contribution in [-0.2, 0) is 9.47 Å². The van der Waals surface area contributed by atoms with Gasteiger partial charge < -0.3 is 20.5 Å². The van der Waals surface area contributed by atoms with E-state index in [0.29, 0.717) is 38.2 Å². The molecule has 0 spiro atoms. The molecule has 0 aliphatic carbocycles. The van der Waals surface area contributed by atoms with Crippen molar-refractivity contribution in [3.05, 3.63) is 29.8 Å². The molecule has 138 valence electrons. The number of ether oxygens (including phenoxy) is 2. The number of benzene rings is 1. The molecule has 3 N–H and O–H groups in total. The van der Waals surface area contributed by atoms with Gasteiger partial charge in [-0.25, -0.2) is 0 Å². The number of nitrogens with two attached hydrogens (primary N) is 1. The summed E-state index contributed by atoms with van der Waals surface area (Å²) in [7, 11) is 0. The highest BCUT2D eigenvalue weighted by atomic mass is 127. The number of rotatable bonds is 11. The predicted octanol–water partition coefficient (Wildman–Crippen LogP) is 3.99. The Labute approximate surface area is 163 Å². The summed E-state index contributed by atoms with van der Waals surface area (Å²) >= 11 is 0. The minimum atomic E-state index is 0. The van der Waals surface area contributed by atoms with Crippen LogP contribution in [0.1, 0.15) is 45.1 Å². The van der Waals surface area contributed by atoms with Crippen LogP contribution in [0.15, 0.2) is 29.3 Å². The van der Waals surface area contributed by atoms with Gasteiger partial charge in [0, 0.05) is 12.3 Å². The van der Waals surface area contributed by atoms with Crippen LogP contribution in [0.2, 0.25) is 0 Å². The fraction of sp³-hybridized carbons (Fsp3) is 0.611. The molecule has 0 amide bonds. The van der Waals surface area contributed by atoms with Crippen LogP contribution in [0.25, 0.3) is 0 Å². The van der Waals surface area contributed by atoms with Gasteiger partial charge in [0.1, 0.15) is 0 Å². The molecule has 1 aromatic rings. The average molecular weight is 449 g/mol. The van der Waals surface area contributed by atoms with Crippen molar-refractivity contribution in [2.75, 3.05) is 38.3 Å². The first-order valence-corrected chi connectivity index (χ1v) is 8.46. The normalized spacial score (nSPS) is 11.4. The number of halogens is 1. The van der Waals surface area contributed by atoms with E-state index in [4.69, 9.17) is 15.2 Å². The maximum absolute atomic E-state index is 5.89. The summed E-state index contributed by atoms with van der Waals surface area (Å²) in [4.78, 5) is 4.26. The van der Waals surface area contributed by atoms with Gasteiger partial charge in [0.05, 0.1) is 26.4 Å². The van der Waals surface area contributed by atoms with Crippen LogP contribution >= 0.6 is 24.0 Å². The standard InChI is InChI=1S/C18H31N3O2.HI/c1-4-5-10-22-12-13-23-11-9-20-18(19)21-17-8-6-7-16(14-17)15(2)3;/h6-8,14-15H,4-5,9-13H2,1-3H3,(H3,19,20,21);1H. The highest BCUT2D eigenvalue weighted by Gasteiger charge is 2.01. The maximum atomic E-state index is 5.89. The molecular weight excluding hydrogens is 417 g/mol. The predicted molar refractivity (Wildman–Crippen MR) is 113 cm³/mol. The van der Waals surface area contributed by atoms with E-state index in [9.17, 15) is 0 Å². The third kappa shape index (κ3) is 10.8. The zero-order valence-corrected chi connectivity index (χ0v) is 17.4. The van der Waals surface area contributed by atoms with Gasteiger partial charge >= 0.3 is 0 Å². The second-order valence-corrected chi connectivity index (χ2v) is 5.75. The van der Waals surface area contributed by atoms with Crippen LogP contribution in [0.3, 0.4) is 0 Å². The van der Waals surface area contributed by atoms with Crippen molar-refractivity contribution in [3.8, 4) is 0 Å². The number of hydrogen-bond acceptors (Lipinski definition) is 3. The number of unbranched alkanes of at least 4 members (excludes halogenated alkanes) is 1. The molecule has 0 aromatic heterocycles. The molecule has 6 heteroatoms. The van der Waals surface area contributed by atoms with Gasteiger partial charge in [-0.1, -0.05) is 39.3 Å². The summed E-state index contributed by atoms with van der Waals surface area (Å²) in [5, 5.41) is 3.11. The lowest BCUT2D eigenvalue weighted by Gasteiger charge is -2.10. The van der Waals surface area contributed by atoms with Gasteiger partial charge in [0.15, 0.2) is 5.96 Å². The zero-order valence-electron chi connectivity index (χ0n) is 15.1. The number of anilines is 1. The van der Waals surface area contributed by atoms with E-state index in [1.165, 1.54) is 5.56 Å². The minimum absolute atomic E-state index is 0. The molecule has 0 radical (unpaired) electrons. The van der Waals surface area contributed by atoms with E-state index >= 15 is 0 Å². The Morgan fingerprint density at radius 2 is 1.88 bits per heavy atom. The van der Waals surface area contributed by atoms with E-state index in [0.717, 1.165) is 25.1 Å². The van der Waals surface area contributed by atoms with Gasteiger partial charge in [-0.2, -0.15) is 0 Å². The fourth-order valence-corrected chi connectivity index (χ4v) is 1.96. The number of nitrogens with zero attached hydrogens (tertiary/aromatic N) is 1. The lowest BCUT2D eigenvalue weighted by atomic mass is 10.0. The smallest absolute Gasteiger partial charge is 0.193 e. The van der Waals surface area contributed by atoms with Crippen molar-refractivity contribution in [2.45, 2.75) is 39.5 Å². The third-order valence-electron chi connectivity index (χ3n) is 3.36. The van der Waals surface area contributed by atoms with Crippen LogP contribution < -0.4 is 11.1 Å². The number of hydrogen-bond donors (Lipinski definition) is 2. The Kier molecular flexibility index (Phi) is 14.0. The van der Waals surface area contributed by atoms with Crippen molar-refractivity contribution < 1.29 is 9.47 Å². The minimum Gasteiger partial charge on any atom is -0.379 e.